The molecule has 2 atom stereocenters. The molecular formula is C23H34N4OS. The third-order valence-electron chi connectivity index (χ3n) is 6.12. The van der Waals surface area contributed by atoms with E-state index in [0.717, 1.165) is 29.8 Å². The Labute approximate surface area is 178 Å². The van der Waals surface area contributed by atoms with E-state index in [2.05, 4.69) is 55.4 Å². The predicted molar refractivity (Wildman–Crippen MR) is 120 cm³/mol. The molecule has 4 rings (SSSR count). The predicted octanol–water partition coefficient (Wildman–Crippen LogP) is 4.80. The van der Waals surface area contributed by atoms with Crippen LogP contribution in [0.5, 0.6) is 0 Å². The Morgan fingerprint density at radius 2 is 1.83 bits per heavy atom. The SMILES string of the molecule is CC1(C)CC(Nc2nccc(-c3ccc([C@@H]4C[C@H]4C(C)(C)O)s3)n2)CC(C)(C)N1. The highest BCUT2D eigenvalue weighted by atomic mass is 32.1. The summed E-state index contributed by atoms with van der Waals surface area (Å²) in [5, 5.41) is 17.6. The molecule has 1 saturated heterocycles. The maximum atomic E-state index is 10.3. The Balaban J connectivity index is 1.47. The third kappa shape index (κ3) is 4.81. The Morgan fingerprint density at radius 3 is 2.45 bits per heavy atom. The van der Waals surface area contributed by atoms with Gasteiger partial charge in [-0.15, -0.1) is 11.3 Å². The monoisotopic (exact) mass is 414 g/mol. The van der Waals surface area contributed by atoms with Crippen LogP contribution in [-0.4, -0.2) is 37.8 Å². The number of nitrogens with zero attached hydrogens (tertiary/aromatic N) is 2. The summed E-state index contributed by atoms with van der Waals surface area (Å²) in [4.78, 5) is 11.8. The third-order valence-corrected chi connectivity index (χ3v) is 7.36. The maximum absolute atomic E-state index is 10.3. The molecule has 3 N–H and O–H groups in total. The van der Waals surface area contributed by atoms with E-state index < -0.39 is 5.60 Å². The van der Waals surface area contributed by atoms with Gasteiger partial charge in [0.05, 0.1) is 16.2 Å². The van der Waals surface area contributed by atoms with Crippen molar-refractivity contribution in [2.45, 2.75) is 89.4 Å². The summed E-state index contributed by atoms with van der Waals surface area (Å²) in [6, 6.07) is 6.68. The van der Waals surface area contributed by atoms with Gasteiger partial charge in [0.15, 0.2) is 0 Å². The highest BCUT2D eigenvalue weighted by Crippen LogP contribution is 2.55. The fourth-order valence-corrected chi connectivity index (χ4v) is 6.31. The molecule has 29 heavy (non-hydrogen) atoms. The molecule has 1 aliphatic carbocycles. The van der Waals surface area contributed by atoms with Crippen LogP contribution < -0.4 is 10.6 Å². The van der Waals surface area contributed by atoms with Gasteiger partial charge in [0.25, 0.3) is 0 Å². The minimum atomic E-state index is -0.600. The Morgan fingerprint density at radius 1 is 1.14 bits per heavy atom. The summed E-state index contributed by atoms with van der Waals surface area (Å²) < 4.78 is 0. The van der Waals surface area contributed by atoms with Crippen LogP contribution in [0.2, 0.25) is 0 Å². The van der Waals surface area contributed by atoms with E-state index >= 15 is 0 Å². The molecule has 0 unspecified atom stereocenters. The molecule has 5 nitrogen and oxygen atoms in total. The first-order valence-corrected chi connectivity index (χ1v) is 11.4. The molecule has 2 aromatic heterocycles. The number of piperidine rings is 1. The lowest BCUT2D eigenvalue weighted by molar-refractivity contribution is 0.0547. The van der Waals surface area contributed by atoms with Gasteiger partial charge in [0.2, 0.25) is 5.95 Å². The summed E-state index contributed by atoms with van der Waals surface area (Å²) in [5.74, 6) is 1.55. The molecule has 0 aromatic carbocycles. The molecule has 2 aliphatic rings. The zero-order chi connectivity index (χ0) is 21.0. The standard InChI is InChI=1S/C23H34N4OS/c1-21(2)12-14(13-22(3,4)27-21)25-20-24-10-9-17(26-20)19-8-7-18(29-19)15-11-16(15)23(5,6)28/h7-10,14-16,27-28H,11-13H2,1-6H3,(H,24,25,26)/t15-,16-/m1/s1. The number of anilines is 1. The molecule has 1 aliphatic heterocycles. The van der Waals surface area contributed by atoms with E-state index in [1.165, 1.54) is 4.88 Å². The summed E-state index contributed by atoms with van der Waals surface area (Å²) >= 11 is 1.79. The van der Waals surface area contributed by atoms with Gasteiger partial charge in [-0.25, -0.2) is 9.97 Å². The molecule has 0 spiro atoms. The highest BCUT2D eigenvalue weighted by molar-refractivity contribution is 7.15. The fourth-order valence-electron chi connectivity index (χ4n) is 5.15. The molecule has 0 radical (unpaired) electrons. The number of nitrogens with one attached hydrogen (secondary N) is 2. The number of aliphatic hydroxyl groups is 1. The van der Waals surface area contributed by atoms with Crippen LogP contribution in [0.4, 0.5) is 5.95 Å². The number of thiophene rings is 1. The van der Waals surface area contributed by atoms with Crippen LogP contribution in [0.3, 0.4) is 0 Å². The molecule has 0 amide bonds. The summed E-state index contributed by atoms with van der Waals surface area (Å²) in [5.41, 5.74) is 0.533. The Kier molecular flexibility index (Phi) is 5.03. The summed E-state index contributed by atoms with van der Waals surface area (Å²) in [7, 11) is 0. The smallest absolute Gasteiger partial charge is 0.223 e. The van der Waals surface area contributed by atoms with E-state index in [4.69, 9.17) is 4.98 Å². The van der Waals surface area contributed by atoms with Gasteiger partial charge in [-0.1, -0.05) is 0 Å². The van der Waals surface area contributed by atoms with Gasteiger partial charge in [0, 0.05) is 28.2 Å². The van der Waals surface area contributed by atoms with E-state index in [0.29, 0.717) is 23.8 Å². The van der Waals surface area contributed by atoms with Gasteiger partial charge in [-0.3, -0.25) is 0 Å². The highest BCUT2D eigenvalue weighted by Gasteiger charge is 2.48. The van der Waals surface area contributed by atoms with Gasteiger partial charge < -0.3 is 15.7 Å². The van der Waals surface area contributed by atoms with Gasteiger partial charge >= 0.3 is 0 Å². The van der Waals surface area contributed by atoms with Crippen molar-refractivity contribution >= 4 is 17.3 Å². The number of rotatable bonds is 5. The lowest BCUT2D eigenvalue weighted by Crippen LogP contribution is -2.60. The van der Waals surface area contributed by atoms with Crippen LogP contribution in [0.1, 0.15) is 71.6 Å². The lowest BCUT2D eigenvalue weighted by atomic mass is 9.80. The molecule has 6 heteroatoms. The Hall–Kier alpha value is -1.50. The van der Waals surface area contributed by atoms with E-state index in [9.17, 15) is 5.11 Å². The van der Waals surface area contributed by atoms with Crippen LogP contribution in [0.25, 0.3) is 10.6 Å². The summed E-state index contributed by atoms with van der Waals surface area (Å²) in [6.07, 6.45) is 4.99. The van der Waals surface area contributed by atoms with Crippen LogP contribution in [-0.2, 0) is 0 Å². The number of hydrogen-bond acceptors (Lipinski definition) is 6. The minimum absolute atomic E-state index is 0.0843. The summed E-state index contributed by atoms with van der Waals surface area (Å²) in [6.45, 7) is 12.9. The number of aromatic nitrogens is 2. The second-order valence-corrected chi connectivity index (χ2v) is 11.8. The van der Waals surface area contributed by atoms with Gasteiger partial charge in [0.1, 0.15) is 0 Å². The van der Waals surface area contributed by atoms with Crippen molar-refractivity contribution in [2.75, 3.05) is 5.32 Å². The second kappa shape index (κ2) is 7.03. The fraction of sp³-hybridized carbons (Fsp3) is 0.652. The van der Waals surface area contributed by atoms with E-state index in [1.54, 1.807) is 11.3 Å². The van der Waals surface area contributed by atoms with Crippen molar-refractivity contribution in [3.63, 3.8) is 0 Å². The topological polar surface area (TPSA) is 70.1 Å². The first-order chi connectivity index (χ1) is 13.4. The van der Waals surface area contributed by atoms with Crippen molar-refractivity contribution in [3.05, 3.63) is 29.3 Å². The maximum Gasteiger partial charge on any atom is 0.223 e. The molecule has 2 aromatic rings. The van der Waals surface area contributed by atoms with Crippen molar-refractivity contribution in [3.8, 4) is 10.6 Å². The average molecular weight is 415 g/mol. The van der Waals surface area contributed by atoms with Crippen molar-refractivity contribution in [1.82, 2.24) is 15.3 Å². The van der Waals surface area contributed by atoms with Gasteiger partial charge in [-0.2, -0.15) is 0 Å². The first-order valence-electron chi connectivity index (χ1n) is 10.6. The second-order valence-electron chi connectivity index (χ2n) is 10.7. The number of hydrogen-bond donors (Lipinski definition) is 3. The zero-order valence-electron chi connectivity index (χ0n) is 18.4. The normalized spacial score (nSPS) is 26.3. The van der Waals surface area contributed by atoms with Crippen LogP contribution in [0, 0.1) is 5.92 Å². The first kappa shape index (κ1) is 20.8. The molecule has 3 heterocycles. The molecule has 1 saturated carbocycles. The van der Waals surface area contributed by atoms with Crippen LogP contribution in [0.15, 0.2) is 24.4 Å². The largest absolute Gasteiger partial charge is 0.390 e. The molecule has 158 valence electrons. The molecular weight excluding hydrogens is 380 g/mol. The molecule has 2 fully saturated rings. The van der Waals surface area contributed by atoms with E-state index in [1.807, 2.05) is 26.1 Å². The zero-order valence-corrected chi connectivity index (χ0v) is 19.2. The lowest BCUT2D eigenvalue weighted by Gasteiger charge is -2.46. The average Bonchev–Trinajstić information content (AvgIpc) is 3.23. The van der Waals surface area contributed by atoms with Gasteiger partial charge in [-0.05, 0) is 90.8 Å². The van der Waals surface area contributed by atoms with E-state index in [-0.39, 0.29) is 11.1 Å². The minimum Gasteiger partial charge on any atom is -0.390 e. The molecule has 0 bridgehead atoms. The van der Waals surface area contributed by atoms with Crippen molar-refractivity contribution < 1.29 is 5.11 Å². The Bertz CT molecular complexity index is 867. The van der Waals surface area contributed by atoms with Crippen LogP contribution >= 0.6 is 11.3 Å². The quantitative estimate of drug-likeness (QED) is 0.655. The van der Waals surface area contributed by atoms with Crippen molar-refractivity contribution in [2.24, 2.45) is 5.92 Å². The van der Waals surface area contributed by atoms with Crippen molar-refractivity contribution in [1.29, 1.82) is 0 Å².